The van der Waals surface area contributed by atoms with Gasteiger partial charge in [-0.15, -0.1) is 0 Å². The van der Waals surface area contributed by atoms with Gasteiger partial charge in [0.15, 0.2) is 23.1 Å². The van der Waals surface area contributed by atoms with E-state index in [9.17, 15) is 14.0 Å². The third-order valence-corrected chi connectivity index (χ3v) is 7.51. The Morgan fingerprint density at radius 2 is 1.62 bits per heavy atom. The standard InChI is InChI=1S/C31H28F2N4O5/c1-40-26-15-21-23(16-27(26)41-17-30(34)8-9-30)35-12-7-24(21)42-25-6-5-20(14-22(25)33)37-29(39)31(10-11-31)28(38)36-19-4-2-3-18(32)13-19/h2-7,12-16H,8-11,17,34H2,1H3,(H,36,38)(H,37,39). The highest BCUT2D eigenvalue weighted by molar-refractivity contribution is 6.16. The van der Waals surface area contributed by atoms with Gasteiger partial charge in [0, 0.05) is 35.1 Å². The number of benzene rings is 3. The average molecular weight is 575 g/mol. The number of aromatic nitrogens is 1. The Morgan fingerprint density at radius 1 is 0.881 bits per heavy atom. The summed E-state index contributed by atoms with van der Waals surface area (Å²) >= 11 is 0. The number of methoxy groups -OCH3 is 1. The van der Waals surface area contributed by atoms with Gasteiger partial charge in [-0.2, -0.15) is 0 Å². The quantitative estimate of drug-likeness (QED) is 0.212. The second kappa shape index (κ2) is 10.6. The molecule has 0 aliphatic heterocycles. The summed E-state index contributed by atoms with van der Waals surface area (Å²) in [5.74, 6) is -1.14. The summed E-state index contributed by atoms with van der Waals surface area (Å²) in [5, 5.41) is 5.77. The van der Waals surface area contributed by atoms with E-state index < -0.39 is 28.9 Å². The lowest BCUT2D eigenvalue weighted by Gasteiger charge is -2.17. The molecule has 42 heavy (non-hydrogen) atoms. The molecule has 0 bridgehead atoms. The Bertz CT molecular complexity index is 1700. The molecule has 2 amide bonds. The number of fused-ring (bicyclic) bond motifs is 1. The minimum atomic E-state index is -1.31. The molecule has 2 fully saturated rings. The minimum Gasteiger partial charge on any atom is -0.493 e. The number of nitrogens with two attached hydrogens (primary N) is 1. The molecule has 4 aromatic rings. The van der Waals surface area contributed by atoms with Gasteiger partial charge in [-0.25, -0.2) is 8.78 Å². The summed E-state index contributed by atoms with van der Waals surface area (Å²) < 4.78 is 45.9. The molecule has 11 heteroatoms. The van der Waals surface area contributed by atoms with Gasteiger partial charge in [-0.1, -0.05) is 6.07 Å². The molecule has 2 saturated carbocycles. The van der Waals surface area contributed by atoms with Crippen molar-refractivity contribution in [2.75, 3.05) is 24.4 Å². The van der Waals surface area contributed by atoms with Gasteiger partial charge in [0.25, 0.3) is 0 Å². The van der Waals surface area contributed by atoms with Gasteiger partial charge in [0.05, 0.1) is 18.2 Å². The first-order chi connectivity index (χ1) is 20.2. The highest BCUT2D eigenvalue weighted by Crippen LogP contribution is 2.48. The number of pyridine rings is 1. The first kappa shape index (κ1) is 27.4. The molecule has 216 valence electrons. The normalized spacial score (nSPS) is 15.9. The Hall–Kier alpha value is -4.77. The Labute approximate surface area is 240 Å². The van der Waals surface area contributed by atoms with Gasteiger partial charge in [0.1, 0.15) is 23.6 Å². The van der Waals surface area contributed by atoms with Crippen molar-refractivity contribution in [1.29, 1.82) is 0 Å². The molecule has 4 N–H and O–H groups in total. The average Bonchev–Trinajstić information content (AvgIpc) is 3.90. The number of hydrogen-bond donors (Lipinski definition) is 3. The smallest absolute Gasteiger partial charge is 0.240 e. The number of carbonyl (C=O) groups excluding carboxylic acids is 2. The molecule has 0 saturated heterocycles. The molecule has 6 rings (SSSR count). The van der Waals surface area contributed by atoms with Crippen molar-refractivity contribution in [3.8, 4) is 23.0 Å². The molecule has 2 aliphatic rings. The zero-order valence-corrected chi connectivity index (χ0v) is 22.7. The maximum absolute atomic E-state index is 15.1. The number of halogens is 2. The highest BCUT2D eigenvalue weighted by Gasteiger charge is 2.56. The fourth-order valence-electron chi connectivity index (χ4n) is 4.55. The van der Waals surface area contributed by atoms with E-state index in [1.807, 2.05) is 0 Å². The number of rotatable bonds is 10. The number of nitrogens with one attached hydrogen (secondary N) is 2. The van der Waals surface area contributed by atoms with Crippen molar-refractivity contribution in [3.05, 3.63) is 78.5 Å². The van der Waals surface area contributed by atoms with Gasteiger partial charge in [-0.05, 0) is 68.1 Å². The van der Waals surface area contributed by atoms with E-state index in [-0.39, 0.29) is 22.7 Å². The number of anilines is 2. The fourth-order valence-corrected chi connectivity index (χ4v) is 4.55. The molecule has 1 aromatic heterocycles. The molecular formula is C31H28F2N4O5. The molecule has 1 heterocycles. The van der Waals surface area contributed by atoms with Crippen LogP contribution in [0.1, 0.15) is 25.7 Å². The number of hydrogen-bond acceptors (Lipinski definition) is 7. The Morgan fingerprint density at radius 3 is 2.26 bits per heavy atom. The number of ether oxygens (including phenoxy) is 3. The molecule has 0 radical (unpaired) electrons. The molecule has 0 atom stereocenters. The van der Waals surface area contributed by atoms with Gasteiger partial charge < -0.3 is 30.6 Å². The fraction of sp³-hybridized carbons (Fsp3) is 0.258. The van der Waals surface area contributed by atoms with E-state index in [0.717, 1.165) is 18.9 Å². The van der Waals surface area contributed by atoms with E-state index in [2.05, 4.69) is 15.6 Å². The zero-order valence-electron chi connectivity index (χ0n) is 22.7. The van der Waals surface area contributed by atoms with Gasteiger partial charge in [-0.3, -0.25) is 14.6 Å². The SMILES string of the molecule is COc1cc2c(Oc3ccc(NC(=O)C4(C(=O)Nc5cccc(F)c5)CC4)cc3F)ccnc2cc1OCC1(N)CC1. The lowest BCUT2D eigenvalue weighted by Crippen LogP contribution is -2.35. The van der Waals surface area contributed by atoms with E-state index in [4.69, 9.17) is 19.9 Å². The maximum Gasteiger partial charge on any atom is 0.240 e. The number of carbonyl (C=O) groups is 2. The van der Waals surface area contributed by atoms with Crippen LogP contribution in [0.15, 0.2) is 66.9 Å². The summed E-state index contributed by atoms with van der Waals surface area (Å²) in [6, 6.07) is 14.4. The summed E-state index contributed by atoms with van der Waals surface area (Å²) in [4.78, 5) is 30.2. The maximum atomic E-state index is 15.1. The summed E-state index contributed by atoms with van der Waals surface area (Å²) in [5.41, 5.74) is 5.49. The van der Waals surface area contributed by atoms with Crippen LogP contribution in [0.4, 0.5) is 20.2 Å². The predicted molar refractivity (Wildman–Crippen MR) is 152 cm³/mol. The van der Waals surface area contributed by atoms with Crippen LogP contribution in [0.3, 0.4) is 0 Å². The van der Waals surface area contributed by atoms with Crippen LogP contribution in [-0.4, -0.2) is 36.1 Å². The van der Waals surface area contributed by atoms with Gasteiger partial charge in [0.2, 0.25) is 11.8 Å². The van der Waals surface area contributed by atoms with Crippen LogP contribution in [0.5, 0.6) is 23.0 Å². The first-order valence-electron chi connectivity index (χ1n) is 13.4. The van der Waals surface area contributed by atoms with Crippen LogP contribution in [0.2, 0.25) is 0 Å². The lowest BCUT2D eigenvalue weighted by molar-refractivity contribution is -0.131. The third-order valence-electron chi connectivity index (χ3n) is 7.51. The van der Waals surface area contributed by atoms with Crippen LogP contribution in [0, 0.1) is 17.0 Å². The first-order valence-corrected chi connectivity index (χ1v) is 13.4. The largest absolute Gasteiger partial charge is 0.493 e. The summed E-state index contributed by atoms with van der Waals surface area (Å²) in [6.07, 6.45) is 3.99. The van der Waals surface area contributed by atoms with Crippen LogP contribution in [0.25, 0.3) is 10.9 Å². The number of amides is 2. The van der Waals surface area contributed by atoms with E-state index in [0.29, 0.717) is 47.6 Å². The van der Waals surface area contributed by atoms with Crippen molar-refractivity contribution in [2.45, 2.75) is 31.2 Å². The second-order valence-electron chi connectivity index (χ2n) is 10.7. The molecular weight excluding hydrogens is 546 g/mol. The van der Waals surface area contributed by atoms with Crippen LogP contribution >= 0.6 is 0 Å². The second-order valence-corrected chi connectivity index (χ2v) is 10.7. The molecule has 3 aromatic carbocycles. The minimum absolute atomic E-state index is 0.0800. The molecule has 0 spiro atoms. The van der Waals surface area contributed by atoms with E-state index in [1.165, 1.54) is 49.7 Å². The van der Waals surface area contributed by atoms with Crippen molar-refractivity contribution >= 4 is 34.1 Å². The Kier molecular flexibility index (Phi) is 6.90. The molecule has 9 nitrogen and oxygen atoms in total. The van der Waals surface area contributed by atoms with Crippen molar-refractivity contribution < 1.29 is 32.6 Å². The molecule has 2 aliphatic carbocycles. The van der Waals surface area contributed by atoms with Crippen molar-refractivity contribution in [1.82, 2.24) is 4.98 Å². The van der Waals surface area contributed by atoms with Crippen LogP contribution < -0.4 is 30.6 Å². The summed E-state index contributed by atoms with van der Waals surface area (Å²) in [7, 11) is 1.52. The van der Waals surface area contributed by atoms with E-state index >= 15 is 4.39 Å². The summed E-state index contributed by atoms with van der Waals surface area (Å²) in [6.45, 7) is 0.359. The lowest BCUT2D eigenvalue weighted by atomic mass is 10.0. The Balaban J connectivity index is 1.16. The predicted octanol–water partition coefficient (Wildman–Crippen LogP) is 5.54. The van der Waals surface area contributed by atoms with Gasteiger partial charge >= 0.3 is 0 Å². The highest BCUT2D eigenvalue weighted by atomic mass is 19.1. The topological polar surface area (TPSA) is 125 Å². The zero-order chi connectivity index (χ0) is 29.5. The number of nitrogens with zero attached hydrogens (tertiary/aromatic N) is 1. The van der Waals surface area contributed by atoms with Crippen molar-refractivity contribution in [3.63, 3.8) is 0 Å². The van der Waals surface area contributed by atoms with Crippen LogP contribution in [-0.2, 0) is 9.59 Å². The van der Waals surface area contributed by atoms with Crippen molar-refractivity contribution in [2.24, 2.45) is 11.1 Å². The molecule has 0 unspecified atom stereocenters. The monoisotopic (exact) mass is 574 g/mol. The van der Waals surface area contributed by atoms with E-state index in [1.54, 1.807) is 18.2 Å². The third kappa shape index (κ3) is 5.55.